The second kappa shape index (κ2) is 13.4. The van der Waals surface area contributed by atoms with Crippen LogP contribution >= 0.6 is 0 Å². The number of nitrogens with zero attached hydrogens (tertiary/aromatic N) is 8. The highest BCUT2D eigenvalue weighted by Crippen LogP contribution is 2.36. The minimum Gasteiger partial charge on any atom is -0.452 e. The Morgan fingerprint density at radius 2 is 1.88 bits per heavy atom. The number of nitrogens with one attached hydrogen (secondary N) is 1. The molecule has 1 fully saturated rings. The molecule has 1 aromatic carbocycles. The summed E-state index contributed by atoms with van der Waals surface area (Å²) in [6.07, 6.45) is 0.789. The number of likely N-dealkylation sites (N-methyl/N-ethyl adjacent to an activating group) is 1. The van der Waals surface area contributed by atoms with Gasteiger partial charge in [0.2, 0.25) is 0 Å². The number of carbonyl (C=O) groups excluding carboxylic acids is 2. The number of carbonyl (C=O) groups is 2. The number of hydrogen-bond donors (Lipinski definition) is 1. The van der Waals surface area contributed by atoms with Gasteiger partial charge in [-0.25, -0.2) is 14.3 Å². The maximum Gasteiger partial charge on any atom is 0.416 e. The van der Waals surface area contributed by atoms with E-state index in [9.17, 15) is 22.8 Å². The molecule has 1 atom stereocenters. The number of imidazole rings is 1. The van der Waals surface area contributed by atoms with E-state index in [1.165, 1.54) is 33.9 Å². The fourth-order valence-corrected chi connectivity index (χ4v) is 6.07. The van der Waals surface area contributed by atoms with Crippen molar-refractivity contribution in [1.29, 1.82) is 0 Å². The van der Waals surface area contributed by atoms with Crippen LogP contribution in [-0.2, 0) is 19.3 Å². The Labute approximate surface area is 276 Å². The number of pyridine rings is 1. The summed E-state index contributed by atoms with van der Waals surface area (Å²) in [5.41, 5.74) is 1.67. The van der Waals surface area contributed by atoms with Crippen molar-refractivity contribution in [2.24, 2.45) is 0 Å². The van der Waals surface area contributed by atoms with Crippen LogP contribution in [0.15, 0.2) is 48.9 Å². The molecule has 0 spiro atoms. The number of urea groups is 1. The van der Waals surface area contributed by atoms with E-state index in [1.807, 2.05) is 18.9 Å². The van der Waals surface area contributed by atoms with Gasteiger partial charge in [-0.3, -0.25) is 14.7 Å². The number of amides is 3. The molecule has 0 aliphatic carbocycles. The molecule has 4 aromatic rings. The highest BCUT2D eigenvalue weighted by Gasteiger charge is 2.35. The van der Waals surface area contributed by atoms with Crippen molar-refractivity contribution in [3.63, 3.8) is 0 Å². The molecular formula is C33H38F3N9O3. The molecule has 48 heavy (non-hydrogen) atoms. The molecule has 3 aromatic heterocycles. The predicted octanol–water partition coefficient (Wildman–Crippen LogP) is 4.93. The Bertz CT molecular complexity index is 1820. The summed E-state index contributed by atoms with van der Waals surface area (Å²) in [7, 11) is 5.26. The first-order valence-corrected chi connectivity index (χ1v) is 15.8. The highest BCUT2D eigenvalue weighted by atomic mass is 19.4. The number of ether oxygens (including phenoxy) is 1. The van der Waals surface area contributed by atoms with E-state index in [0.29, 0.717) is 43.2 Å². The number of halogens is 3. The van der Waals surface area contributed by atoms with E-state index in [4.69, 9.17) is 4.74 Å². The largest absolute Gasteiger partial charge is 0.452 e. The monoisotopic (exact) mass is 665 g/mol. The first kappa shape index (κ1) is 33.2. The van der Waals surface area contributed by atoms with Gasteiger partial charge in [0.25, 0.3) is 5.91 Å². The van der Waals surface area contributed by atoms with Crippen LogP contribution in [0.4, 0.5) is 23.7 Å². The summed E-state index contributed by atoms with van der Waals surface area (Å²) < 4.78 is 50.1. The molecule has 12 nitrogen and oxygen atoms in total. The summed E-state index contributed by atoms with van der Waals surface area (Å²) in [5.74, 6) is 0.402. The van der Waals surface area contributed by atoms with Crippen LogP contribution in [0.2, 0.25) is 0 Å². The van der Waals surface area contributed by atoms with Crippen molar-refractivity contribution < 1.29 is 27.5 Å². The van der Waals surface area contributed by atoms with Gasteiger partial charge in [-0.2, -0.15) is 18.3 Å². The normalized spacial score (nSPS) is 17.3. The minimum absolute atomic E-state index is 0.0789. The summed E-state index contributed by atoms with van der Waals surface area (Å²) in [4.78, 5) is 42.2. The van der Waals surface area contributed by atoms with Gasteiger partial charge in [-0.15, -0.1) is 0 Å². The van der Waals surface area contributed by atoms with Crippen LogP contribution in [0.1, 0.15) is 52.1 Å². The lowest BCUT2D eigenvalue weighted by Gasteiger charge is -2.34. The molecule has 1 N–H and O–H groups in total. The fraction of sp³-hybridized carbons (Fsp3) is 0.424. The van der Waals surface area contributed by atoms with Gasteiger partial charge in [0.05, 0.1) is 29.8 Å². The van der Waals surface area contributed by atoms with Crippen molar-refractivity contribution in [3.8, 4) is 11.5 Å². The molecule has 3 amide bonds. The van der Waals surface area contributed by atoms with Crippen LogP contribution in [-0.4, -0.2) is 105 Å². The third-order valence-electron chi connectivity index (χ3n) is 8.78. The van der Waals surface area contributed by atoms with Gasteiger partial charge < -0.3 is 24.8 Å². The van der Waals surface area contributed by atoms with E-state index < -0.39 is 17.8 Å². The molecule has 254 valence electrons. The molecule has 1 saturated heterocycles. The van der Waals surface area contributed by atoms with Gasteiger partial charge in [-0.05, 0) is 42.8 Å². The second-order valence-electron chi connectivity index (χ2n) is 12.5. The molecule has 15 heteroatoms. The molecule has 0 unspecified atom stereocenters. The Morgan fingerprint density at radius 3 is 2.58 bits per heavy atom. The number of aromatic nitrogens is 4. The second-order valence-corrected chi connectivity index (χ2v) is 12.5. The number of rotatable bonds is 7. The average molecular weight is 666 g/mol. The van der Waals surface area contributed by atoms with E-state index in [2.05, 4.69) is 25.3 Å². The van der Waals surface area contributed by atoms with Crippen LogP contribution in [0.3, 0.4) is 0 Å². The van der Waals surface area contributed by atoms with Gasteiger partial charge >= 0.3 is 12.2 Å². The summed E-state index contributed by atoms with van der Waals surface area (Å²) in [6, 6.07) is 6.94. The lowest BCUT2D eigenvalue weighted by Crippen LogP contribution is -2.44. The molecule has 5 heterocycles. The zero-order valence-corrected chi connectivity index (χ0v) is 27.3. The van der Waals surface area contributed by atoms with Gasteiger partial charge in [-0.1, -0.05) is 13.0 Å². The first-order valence-electron chi connectivity index (χ1n) is 15.8. The third kappa shape index (κ3) is 7.06. The minimum atomic E-state index is -4.57. The van der Waals surface area contributed by atoms with Crippen molar-refractivity contribution in [3.05, 3.63) is 77.0 Å². The number of fused-ring (bicyclic) bond motifs is 2. The van der Waals surface area contributed by atoms with E-state index in [-0.39, 0.29) is 41.9 Å². The lowest BCUT2D eigenvalue weighted by molar-refractivity contribution is -0.138. The number of anilines is 1. The Balaban J connectivity index is 1.19. The number of alkyl halides is 3. The molecule has 0 radical (unpaired) electrons. The van der Waals surface area contributed by atoms with Gasteiger partial charge in [0.1, 0.15) is 11.4 Å². The molecule has 2 aliphatic rings. The lowest BCUT2D eigenvalue weighted by atomic mass is 9.92. The molecular weight excluding hydrogens is 627 g/mol. The van der Waals surface area contributed by atoms with Crippen molar-refractivity contribution in [2.45, 2.75) is 38.5 Å². The zero-order valence-electron chi connectivity index (χ0n) is 27.3. The topological polar surface area (TPSA) is 111 Å². The van der Waals surface area contributed by atoms with Crippen molar-refractivity contribution in [2.75, 3.05) is 59.2 Å². The van der Waals surface area contributed by atoms with Crippen LogP contribution in [0.5, 0.6) is 11.5 Å². The van der Waals surface area contributed by atoms with E-state index >= 15 is 0 Å². The standard InChI is InChI=1S/C33H38F3N9O3/c1-5-21-18-44(32(47)39-24-7-6-22(26(15-24)33(34,35)36)17-43-12-10-42(4)11-13-43)19-23-14-25(16-37-29(21)23)48-28-8-9-38-45-20-27(40-30(28)45)31(46)41(2)3/h6-9,14-16,20-21H,5,10-13,17-19H2,1-4H3,(H,39,47)/t21-/m0/s1. The first-order chi connectivity index (χ1) is 22.9. The van der Waals surface area contributed by atoms with Crippen molar-refractivity contribution >= 4 is 23.3 Å². The quantitative estimate of drug-likeness (QED) is 0.296. The van der Waals surface area contributed by atoms with Crippen molar-refractivity contribution in [1.82, 2.24) is 39.2 Å². The van der Waals surface area contributed by atoms with Gasteiger partial charge in [0.15, 0.2) is 11.4 Å². The predicted molar refractivity (Wildman–Crippen MR) is 172 cm³/mol. The van der Waals surface area contributed by atoms with Crippen LogP contribution in [0, 0.1) is 0 Å². The number of benzene rings is 1. The fourth-order valence-electron chi connectivity index (χ4n) is 6.07. The highest BCUT2D eigenvalue weighted by molar-refractivity contribution is 5.92. The molecule has 6 rings (SSSR count). The molecule has 2 aliphatic heterocycles. The number of piperazine rings is 1. The molecule has 0 saturated carbocycles. The van der Waals surface area contributed by atoms with E-state index in [1.54, 1.807) is 37.3 Å². The Kier molecular flexibility index (Phi) is 9.25. The average Bonchev–Trinajstić information content (AvgIpc) is 3.50. The maximum absolute atomic E-state index is 14.2. The van der Waals surface area contributed by atoms with Crippen LogP contribution in [0.25, 0.3) is 5.65 Å². The summed E-state index contributed by atoms with van der Waals surface area (Å²) in [5, 5.41) is 6.92. The van der Waals surface area contributed by atoms with Gasteiger partial charge in [0, 0.05) is 77.6 Å². The smallest absolute Gasteiger partial charge is 0.416 e. The summed E-state index contributed by atoms with van der Waals surface area (Å²) in [6.45, 7) is 5.72. The number of hydrogen-bond acceptors (Lipinski definition) is 8. The summed E-state index contributed by atoms with van der Waals surface area (Å²) >= 11 is 0. The van der Waals surface area contributed by atoms with E-state index in [0.717, 1.165) is 30.4 Å². The Morgan fingerprint density at radius 1 is 1.10 bits per heavy atom. The van der Waals surface area contributed by atoms with Crippen LogP contribution < -0.4 is 10.1 Å². The zero-order chi connectivity index (χ0) is 34.2. The molecule has 0 bridgehead atoms. The SMILES string of the molecule is CC[C@H]1CN(C(=O)Nc2ccc(CN3CCN(C)CC3)c(C(F)(F)F)c2)Cc2cc(Oc3ccnn4cc(C(=O)N(C)C)nc34)cnc21. The maximum atomic E-state index is 14.2. The third-order valence-corrected chi connectivity index (χ3v) is 8.78. The Hall–Kier alpha value is -4.76.